The van der Waals surface area contributed by atoms with E-state index in [0.29, 0.717) is 23.7 Å². The molecule has 0 bridgehead atoms. The second-order valence-corrected chi connectivity index (χ2v) is 8.14. The van der Waals surface area contributed by atoms with Crippen LogP contribution >= 0.6 is 0 Å². The zero-order valence-corrected chi connectivity index (χ0v) is 19.8. The van der Waals surface area contributed by atoms with Crippen LogP contribution in [0.5, 0.6) is 11.5 Å². The Morgan fingerprint density at radius 1 is 1.16 bits per heavy atom. The third-order valence-corrected chi connectivity index (χ3v) is 5.28. The number of carbonyl (C=O) groups excluding carboxylic acids is 1. The summed E-state index contributed by atoms with van der Waals surface area (Å²) < 4.78 is 11.3. The topological polar surface area (TPSA) is 71.3 Å². The minimum atomic E-state index is -0.432. The molecule has 0 atom stereocenters. The average Bonchev–Trinajstić information content (AvgIpc) is 2.78. The number of rotatable bonds is 11. The van der Waals surface area contributed by atoms with E-state index in [2.05, 4.69) is 26.1 Å². The summed E-state index contributed by atoms with van der Waals surface area (Å²) in [6.45, 7) is 8.90. The molecular formula is C27H34N2O3. The van der Waals surface area contributed by atoms with Crippen molar-refractivity contribution in [1.82, 2.24) is 0 Å². The van der Waals surface area contributed by atoms with E-state index >= 15 is 0 Å². The summed E-state index contributed by atoms with van der Waals surface area (Å²) in [6.07, 6.45) is 6.08. The Labute approximate surface area is 192 Å². The van der Waals surface area contributed by atoms with Crippen molar-refractivity contribution in [3.8, 4) is 17.6 Å². The minimum absolute atomic E-state index is 0.0262. The number of para-hydroxylation sites is 1. The molecule has 2 aromatic carbocycles. The maximum Gasteiger partial charge on any atom is 0.266 e. The summed E-state index contributed by atoms with van der Waals surface area (Å²) in [5.74, 6) is 1.05. The first-order valence-electron chi connectivity index (χ1n) is 11.2. The largest absolute Gasteiger partial charge is 0.493 e. The highest BCUT2D eigenvalue weighted by atomic mass is 16.5. The molecule has 170 valence electrons. The van der Waals surface area contributed by atoms with Crippen molar-refractivity contribution < 1.29 is 14.3 Å². The SMILES string of the molecule is CCCCCCOc1ccc(/C=C(\C#N)C(=O)Nc2c(C)cccc2C(C)C)cc1OC. The number of ether oxygens (including phenoxy) is 2. The minimum Gasteiger partial charge on any atom is -0.493 e. The number of hydrogen-bond donors (Lipinski definition) is 1. The number of amides is 1. The van der Waals surface area contributed by atoms with Gasteiger partial charge in [-0.15, -0.1) is 0 Å². The van der Waals surface area contributed by atoms with Gasteiger partial charge in [-0.05, 0) is 54.2 Å². The molecule has 0 aliphatic heterocycles. The second-order valence-electron chi connectivity index (χ2n) is 8.14. The zero-order chi connectivity index (χ0) is 23.5. The van der Waals surface area contributed by atoms with Crippen molar-refractivity contribution in [2.24, 2.45) is 0 Å². The molecule has 0 saturated heterocycles. The van der Waals surface area contributed by atoms with E-state index in [0.717, 1.165) is 29.7 Å². The Morgan fingerprint density at radius 2 is 1.94 bits per heavy atom. The van der Waals surface area contributed by atoms with E-state index in [9.17, 15) is 10.1 Å². The van der Waals surface area contributed by atoms with Crippen LogP contribution in [0.1, 0.15) is 69.1 Å². The Kier molecular flexibility index (Phi) is 9.81. The Hall–Kier alpha value is -3.26. The lowest BCUT2D eigenvalue weighted by Gasteiger charge is -2.16. The first-order valence-corrected chi connectivity index (χ1v) is 11.2. The number of hydrogen-bond acceptors (Lipinski definition) is 4. The second kappa shape index (κ2) is 12.6. The molecule has 0 fully saturated rings. The van der Waals surface area contributed by atoms with Crippen molar-refractivity contribution in [3.63, 3.8) is 0 Å². The summed E-state index contributed by atoms with van der Waals surface area (Å²) in [5, 5.41) is 12.5. The van der Waals surface area contributed by atoms with Crippen molar-refractivity contribution in [2.45, 2.75) is 59.3 Å². The number of nitrogens with one attached hydrogen (secondary N) is 1. The molecule has 2 aromatic rings. The molecule has 0 aliphatic rings. The van der Waals surface area contributed by atoms with Gasteiger partial charge in [0.15, 0.2) is 11.5 Å². The van der Waals surface area contributed by atoms with Gasteiger partial charge in [0.1, 0.15) is 11.6 Å². The van der Waals surface area contributed by atoms with Crippen molar-refractivity contribution in [3.05, 3.63) is 58.7 Å². The van der Waals surface area contributed by atoms with Crippen molar-refractivity contribution in [2.75, 3.05) is 19.0 Å². The predicted molar refractivity (Wildman–Crippen MR) is 130 cm³/mol. The van der Waals surface area contributed by atoms with Crippen molar-refractivity contribution in [1.29, 1.82) is 5.26 Å². The van der Waals surface area contributed by atoms with Crippen LogP contribution in [0.2, 0.25) is 0 Å². The number of nitrogens with zero attached hydrogens (tertiary/aromatic N) is 1. The molecule has 2 rings (SSSR count). The molecule has 1 amide bonds. The van der Waals surface area contributed by atoms with E-state index in [1.165, 1.54) is 12.8 Å². The smallest absolute Gasteiger partial charge is 0.266 e. The van der Waals surface area contributed by atoms with Gasteiger partial charge in [0.05, 0.1) is 13.7 Å². The summed E-state index contributed by atoms with van der Waals surface area (Å²) in [7, 11) is 1.58. The fourth-order valence-corrected chi connectivity index (χ4v) is 3.44. The summed E-state index contributed by atoms with van der Waals surface area (Å²) in [6, 6.07) is 13.4. The molecule has 32 heavy (non-hydrogen) atoms. The van der Waals surface area contributed by atoms with Gasteiger partial charge in [0, 0.05) is 5.69 Å². The van der Waals surface area contributed by atoms with Crippen LogP contribution < -0.4 is 14.8 Å². The Bertz CT molecular complexity index is 987. The van der Waals surface area contributed by atoms with Gasteiger partial charge >= 0.3 is 0 Å². The average molecular weight is 435 g/mol. The first kappa shape index (κ1) is 25.0. The quantitative estimate of drug-likeness (QED) is 0.245. The van der Waals surface area contributed by atoms with Crippen LogP contribution in [0.3, 0.4) is 0 Å². The van der Waals surface area contributed by atoms with E-state index in [1.54, 1.807) is 19.3 Å². The van der Waals surface area contributed by atoms with Gasteiger partial charge in [0.25, 0.3) is 5.91 Å². The molecule has 0 saturated carbocycles. The fraction of sp³-hybridized carbons (Fsp3) is 0.407. The molecule has 0 unspecified atom stereocenters. The first-order chi connectivity index (χ1) is 15.4. The van der Waals surface area contributed by atoms with E-state index in [1.807, 2.05) is 43.3 Å². The molecular weight excluding hydrogens is 400 g/mol. The maximum atomic E-state index is 12.9. The lowest BCUT2D eigenvalue weighted by atomic mass is 9.98. The van der Waals surface area contributed by atoms with Crippen LogP contribution in [-0.2, 0) is 4.79 Å². The van der Waals surface area contributed by atoms with Crippen molar-refractivity contribution >= 4 is 17.7 Å². The molecule has 0 spiro atoms. The van der Waals surface area contributed by atoms with Gasteiger partial charge in [0.2, 0.25) is 0 Å². The highest BCUT2D eigenvalue weighted by Crippen LogP contribution is 2.30. The lowest BCUT2D eigenvalue weighted by Crippen LogP contribution is -2.16. The van der Waals surface area contributed by atoms with Gasteiger partial charge in [-0.1, -0.05) is 64.3 Å². The van der Waals surface area contributed by atoms with Crippen LogP contribution in [-0.4, -0.2) is 19.6 Å². The molecule has 5 heteroatoms. The molecule has 0 heterocycles. The molecule has 5 nitrogen and oxygen atoms in total. The van der Waals surface area contributed by atoms with E-state index in [-0.39, 0.29) is 11.5 Å². The zero-order valence-electron chi connectivity index (χ0n) is 19.8. The van der Waals surface area contributed by atoms with Crippen LogP contribution in [0.25, 0.3) is 6.08 Å². The number of unbranched alkanes of at least 4 members (excludes halogenated alkanes) is 3. The number of carbonyl (C=O) groups is 1. The van der Waals surface area contributed by atoms with Crippen LogP contribution in [0.15, 0.2) is 42.0 Å². The molecule has 0 aromatic heterocycles. The summed E-state index contributed by atoms with van der Waals surface area (Å²) in [5.41, 5.74) is 3.48. The molecule has 1 N–H and O–H groups in total. The van der Waals surface area contributed by atoms with E-state index < -0.39 is 5.91 Å². The van der Waals surface area contributed by atoms with Gasteiger partial charge in [-0.25, -0.2) is 0 Å². The predicted octanol–water partition coefficient (Wildman–Crippen LogP) is 6.63. The number of nitriles is 1. The summed E-state index contributed by atoms with van der Waals surface area (Å²) >= 11 is 0. The molecule has 0 aliphatic carbocycles. The lowest BCUT2D eigenvalue weighted by molar-refractivity contribution is -0.112. The third kappa shape index (κ3) is 6.88. The molecule has 0 radical (unpaired) electrons. The van der Waals surface area contributed by atoms with Gasteiger partial charge < -0.3 is 14.8 Å². The van der Waals surface area contributed by atoms with E-state index in [4.69, 9.17) is 9.47 Å². The van der Waals surface area contributed by atoms with Crippen LogP contribution in [0, 0.1) is 18.3 Å². The summed E-state index contributed by atoms with van der Waals surface area (Å²) in [4.78, 5) is 12.9. The standard InChI is InChI=1S/C27H34N2O3/c1-6-7-8-9-15-32-24-14-13-21(17-25(24)31-5)16-22(18-28)27(30)29-26-20(4)11-10-12-23(26)19(2)3/h10-14,16-17,19H,6-9,15H2,1-5H3,(H,29,30)/b22-16+. The van der Waals surface area contributed by atoms with Crippen LogP contribution in [0.4, 0.5) is 5.69 Å². The number of aryl methyl sites for hydroxylation is 1. The normalized spacial score (nSPS) is 11.2. The third-order valence-electron chi connectivity index (χ3n) is 5.28. The Balaban J connectivity index is 2.19. The fourth-order valence-electron chi connectivity index (χ4n) is 3.44. The number of benzene rings is 2. The maximum absolute atomic E-state index is 12.9. The van der Waals surface area contributed by atoms with Gasteiger partial charge in [-0.3, -0.25) is 4.79 Å². The number of anilines is 1. The number of methoxy groups -OCH3 is 1. The highest BCUT2D eigenvalue weighted by Gasteiger charge is 2.15. The Morgan fingerprint density at radius 3 is 2.59 bits per heavy atom. The highest BCUT2D eigenvalue weighted by molar-refractivity contribution is 6.10. The monoisotopic (exact) mass is 434 g/mol. The van der Waals surface area contributed by atoms with Gasteiger partial charge in [-0.2, -0.15) is 5.26 Å².